The molecule has 0 aliphatic rings. The Hall–Kier alpha value is -1.68. The summed E-state index contributed by atoms with van der Waals surface area (Å²) >= 11 is 1.95. The van der Waals surface area contributed by atoms with Crippen molar-refractivity contribution in [3.63, 3.8) is 0 Å². The highest BCUT2D eigenvalue weighted by Gasteiger charge is 2.06. The maximum atomic E-state index is 13.3. The Morgan fingerprint density at radius 2 is 2.17 bits per heavy atom. The number of nitrogens with one attached hydrogen (secondary N) is 1. The van der Waals surface area contributed by atoms with E-state index in [1.54, 1.807) is 24.4 Å². The van der Waals surface area contributed by atoms with Gasteiger partial charge in [-0.3, -0.25) is 0 Å². The lowest BCUT2D eigenvalue weighted by Gasteiger charge is -2.09. The summed E-state index contributed by atoms with van der Waals surface area (Å²) in [6.07, 6.45) is 1.58. The Bertz CT molecular complexity index is 607. The highest BCUT2D eigenvalue weighted by Crippen LogP contribution is 2.21. The normalized spacial score (nSPS) is 9.83. The van der Waals surface area contributed by atoms with Gasteiger partial charge in [-0.15, -0.1) is 0 Å². The molecule has 0 aliphatic heterocycles. The van der Waals surface area contributed by atoms with Gasteiger partial charge in [-0.2, -0.15) is 5.26 Å². The largest absolute Gasteiger partial charge is 0.380 e. The van der Waals surface area contributed by atoms with Crippen molar-refractivity contribution in [2.45, 2.75) is 6.54 Å². The zero-order valence-corrected chi connectivity index (χ0v) is 11.5. The number of aromatic nitrogens is 1. The third kappa shape index (κ3) is 2.76. The highest BCUT2D eigenvalue weighted by molar-refractivity contribution is 14.1. The molecule has 0 amide bonds. The molecule has 1 aromatic carbocycles. The smallest absolute Gasteiger partial charge is 0.145 e. The van der Waals surface area contributed by atoms with Gasteiger partial charge in [-0.1, -0.05) is 12.1 Å². The number of pyridine rings is 1. The van der Waals surface area contributed by atoms with Crippen molar-refractivity contribution in [2.75, 3.05) is 5.32 Å². The highest BCUT2D eigenvalue weighted by atomic mass is 127. The summed E-state index contributed by atoms with van der Waals surface area (Å²) in [4.78, 5) is 3.97. The zero-order valence-electron chi connectivity index (χ0n) is 9.32. The van der Waals surface area contributed by atoms with E-state index in [9.17, 15) is 4.39 Å². The first-order valence-corrected chi connectivity index (χ1v) is 6.32. The van der Waals surface area contributed by atoms with Crippen LogP contribution in [-0.2, 0) is 6.54 Å². The van der Waals surface area contributed by atoms with E-state index in [4.69, 9.17) is 5.26 Å². The lowest BCUT2D eigenvalue weighted by atomic mass is 10.2. The Morgan fingerprint density at radius 1 is 1.33 bits per heavy atom. The standard InChI is InChI=1S/C13H9FIN3/c14-10-4-1-5-11(13(10)15)18-8-9-3-2-6-17-12(9)7-16/h1-6,18H,8H2. The van der Waals surface area contributed by atoms with Crippen LogP contribution in [0.1, 0.15) is 11.3 Å². The fraction of sp³-hybridized carbons (Fsp3) is 0.0769. The molecule has 0 fully saturated rings. The summed E-state index contributed by atoms with van der Waals surface area (Å²) < 4.78 is 13.9. The van der Waals surface area contributed by atoms with Crippen molar-refractivity contribution in [3.8, 4) is 6.07 Å². The molecule has 2 aromatic rings. The lowest BCUT2D eigenvalue weighted by Crippen LogP contribution is -2.04. The van der Waals surface area contributed by atoms with Crippen molar-refractivity contribution in [2.24, 2.45) is 0 Å². The van der Waals surface area contributed by atoms with Gasteiger partial charge in [-0.05, 0) is 40.8 Å². The van der Waals surface area contributed by atoms with Crippen LogP contribution in [0.5, 0.6) is 0 Å². The Morgan fingerprint density at radius 3 is 2.94 bits per heavy atom. The molecule has 0 atom stereocenters. The van der Waals surface area contributed by atoms with Crippen LogP contribution < -0.4 is 5.32 Å². The molecule has 18 heavy (non-hydrogen) atoms. The van der Waals surface area contributed by atoms with Gasteiger partial charge in [-0.25, -0.2) is 9.37 Å². The van der Waals surface area contributed by atoms with Gasteiger partial charge < -0.3 is 5.32 Å². The first-order valence-electron chi connectivity index (χ1n) is 5.24. The summed E-state index contributed by atoms with van der Waals surface area (Å²) in [5.41, 5.74) is 1.89. The SMILES string of the molecule is N#Cc1ncccc1CNc1cccc(F)c1I. The minimum absolute atomic E-state index is 0.257. The van der Waals surface area contributed by atoms with Crippen LogP contribution in [0.25, 0.3) is 0 Å². The molecular weight excluding hydrogens is 344 g/mol. The zero-order chi connectivity index (χ0) is 13.0. The number of halogens is 2. The van der Waals surface area contributed by atoms with Crippen LogP contribution in [0.15, 0.2) is 36.5 Å². The molecule has 0 radical (unpaired) electrons. The number of nitriles is 1. The average Bonchev–Trinajstić information content (AvgIpc) is 2.41. The summed E-state index contributed by atoms with van der Waals surface area (Å²) in [7, 11) is 0. The van der Waals surface area contributed by atoms with Crippen molar-refractivity contribution >= 4 is 28.3 Å². The molecule has 0 saturated heterocycles. The second-order valence-corrected chi connectivity index (χ2v) is 4.66. The summed E-state index contributed by atoms with van der Waals surface area (Å²) in [5, 5.41) is 12.0. The number of anilines is 1. The Labute approximate surface area is 118 Å². The first-order chi connectivity index (χ1) is 8.72. The van der Waals surface area contributed by atoms with Crippen LogP contribution >= 0.6 is 22.6 Å². The minimum atomic E-state index is -0.257. The monoisotopic (exact) mass is 353 g/mol. The van der Waals surface area contributed by atoms with E-state index in [0.717, 1.165) is 5.56 Å². The molecule has 0 unspecified atom stereocenters. The fourth-order valence-electron chi connectivity index (χ4n) is 1.51. The van der Waals surface area contributed by atoms with Crippen molar-refractivity contribution in [3.05, 3.63) is 57.2 Å². The van der Waals surface area contributed by atoms with Gasteiger partial charge in [0.2, 0.25) is 0 Å². The summed E-state index contributed by atoms with van der Waals surface area (Å²) in [6, 6.07) is 10.5. The average molecular weight is 353 g/mol. The van der Waals surface area contributed by atoms with Gasteiger partial charge in [0, 0.05) is 18.3 Å². The van der Waals surface area contributed by atoms with Gasteiger partial charge >= 0.3 is 0 Å². The molecule has 90 valence electrons. The molecule has 1 heterocycles. The van der Waals surface area contributed by atoms with E-state index in [1.165, 1.54) is 6.07 Å². The molecule has 5 heteroatoms. The summed E-state index contributed by atoms with van der Waals surface area (Å²) in [5.74, 6) is -0.257. The number of rotatable bonds is 3. The van der Waals surface area contributed by atoms with E-state index in [2.05, 4.69) is 10.3 Å². The first kappa shape index (κ1) is 12.8. The number of nitrogens with zero attached hydrogens (tertiary/aromatic N) is 2. The van der Waals surface area contributed by atoms with E-state index in [1.807, 2.05) is 34.7 Å². The second-order valence-electron chi connectivity index (χ2n) is 3.58. The van der Waals surface area contributed by atoms with Gasteiger partial charge in [0.05, 0.1) is 9.26 Å². The molecule has 3 nitrogen and oxygen atoms in total. The predicted octanol–water partition coefficient (Wildman–Crippen LogP) is 3.31. The number of benzene rings is 1. The third-order valence-electron chi connectivity index (χ3n) is 2.42. The Balaban J connectivity index is 2.17. The molecule has 0 saturated carbocycles. The Kier molecular flexibility index (Phi) is 4.10. The number of hydrogen-bond acceptors (Lipinski definition) is 3. The van der Waals surface area contributed by atoms with Crippen molar-refractivity contribution in [1.29, 1.82) is 5.26 Å². The quantitative estimate of drug-likeness (QED) is 0.862. The molecule has 2 rings (SSSR count). The third-order valence-corrected chi connectivity index (χ3v) is 3.51. The molecule has 0 spiro atoms. The molecule has 0 bridgehead atoms. The molecule has 1 aromatic heterocycles. The van der Waals surface area contributed by atoms with Crippen molar-refractivity contribution < 1.29 is 4.39 Å². The van der Waals surface area contributed by atoms with Crippen LogP contribution in [-0.4, -0.2) is 4.98 Å². The number of hydrogen-bond donors (Lipinski definition) is 1. The topological polar surface area (TPSA) is 48.7 Å². The maximum Gasteiger partial charge on any atom is 0.145 e. The molecular formula is C13H9FIN3. The van der Waals surface area contributed by atoms with Crippen LogP contribution in [0.2, 0.25) is 0 Å². The van der Waals surface area contributed by atoms with E-state index < -0.39 is 0 Å². The second kappa shape index (κ2) is 5.78. The van der Waals surface area contributed by atoms with Crippen molar-refractivity contribution in [1.82, 2.24) is 4.98 Å². The molecule has 1 N–H and O–H groups in total. The predicted molar refractivity (Wildman–Crippen MR) is 75.4 cm³/mol. The lowest BCUT2D eigenvalue weighted by molar-refractivity contribution is 0.621. The fourth-order valence-corrected chi connectivity index (χ4v) is 2.06. The molecule has 0 aliphatic carbocycles. The summed E-state index contributed by atoms with van der Waals surface area (Å²) in [6.45, 7) is 0.441. The minimum Gasteiger partial charge on any atom is -0.380 e. The van der Waals surface area contributed by atoms with E-state index in [0.29, 0.717) is 21.5 Å². The van der Waals surface area contributed by atoms with Crippen LogP contribution in [0, 0.1) is 20.7 Å². The van der Waals surface area contributed by atoms with Gasteiger partial charge in [0.25, 0.3) is 0 Å². The maximum absolute atomic E-state index is 13.3. The van der Waals surface area contributed by atoms with Crippen LogP contribution in [0.4, 0.5) is 10.1 Å². The van der Waals surface area contributed by atoms with E-state index in [-0.39, 0.29) is 5.82 Å². The van der Waals surface area contributed by atoms with Crippen LogP contribution in [0.3, 0.4) is 0 Å². The van der Waals surface area contributed by atoms with Gasteiger partial charge in [0.15, 0.2) is 0 Å². The van der Waals surface area contributed by atoms with E-state index >= 15 is 0 Å². The van der Waals surface area contributed by atoms with Gasteiger partial charge in [0.1, 0.15) is 17.6 Å².